The minimum atomic E-state index is -1.25. The fourth-order valence-corrected chi connectivity index (χ4v) is 3.28. The van der Waals surface area contributed by atoms with Crippen LogP contribution in [0.15, 0.2) is 35.9 Å². The topological polar surface area (TPSA) is 63.6 Å². The van der Waals surface area contributed by atoms with E-state index in [-0.39, 0.29) is 12.2 Å². The second-order valence-electron chi connectivity index (χ2n) is 6.98. The molecule has 0 aromatic heterocycles. The molecule has 1 aromatic rings. The molecule has 1 aromatic carbocycles. The van der Waals surface area contributed by atoms with Crippen molar-refractivity contribution >= 4 is 17.8 Å². The average molecular weight is 328 g/mol. The molecule has 0 fully saturated rings. The molecule has 4 heteroatoms. The molecule has 0 radical (unpaired) electrons. The van der Waals surface area contributed by atoms with Crippen LogP contribution in [-0.4, -0.2) is 29.6 Å². The number of benzene rings is 1. The van der Waals surface area contributed by atoms with Crippen LogP contribution in [0.4, 0.5) is 0 Å². The molecule has 0 heterocycles. The zero-order valence-corrected chi connectivity index (χ0v) is 14.8. The minimum Gasteiger partial charge on any atom is -0.465 e. The number of aliphatic hydroxyl groups is 1. The average Bonchev–Trinajstić information content (AvgIpc) is 2.49. The molecule has 0 saturated carbocycles. The van der Waals surface area contributed by atoms with Crippen molar-refractivity contribution in [2.75, 3.05) is 7.11 Å². The number of ketones is 1. The summed E-state index contributed by atoms with van der Waals surface area (Å²) in [4.78, 5) is 23.9. The first kappa shape index (κ1) is 18.1. The van der Waals surface area contributed by atoms with Crippen LogP contribution in [0.2, 0.25) is 0 Å². The quantitative estimate of drug-likeness (QED) is 0.863. The number of hydrogen-bond donors (Lipinski definition) is 1. The van der Waals surface area contributed by atoms with E-state index in [0.717, 1.165) is 5.56 Å². The number of aryl methyl sites for hydroxylation is 1. The molecule has 1 unspecified atom stereocenters. The lowest BCUT2D eigenvalue weighted by Gasteiger charge is -2.44. The summed E-state index contributed by atoms with van der Waals surface area (Å²) in [7, 11) is 1.35. The van der Waals surface area contributed by atoms with Gasteiger partial charge in [-0.1, -0.05) is 38.1 Å². The van der Waals surface area contributed by atoms with Crippen molar-refractivity contribution in [1.82, 2.24) is 0 Å². The molecule has 0 aliphatic heterocycles. The molecule has 2 rings (SSSR count). The van der Waals surface area contributed by atoms with Crippen LogP contribution < -0.4 is 0 Å². The van der Waals surface area contributed by atoms with Crippen molar-refractivity contribution in [3.8, 4) is 0 Å². The summed E-state index contributed by atoms with van der Waals surface area (Å²) >= 11 is 0. The molecule has 24 heavy (non-hydrogen) atoms. The fourth-order valence-electron chi connectivity index (χ4n) is 3.28. The van der Waals surface area contributed by atoms with E-state index in [4.69, 9.17) is 4.74 Å². The predicted molar refractivity (Wildman–Crippen MR) is 93.7 cm³/mol. The zero-order valence-electron chi connectivity index (χ0n) is 14.8. The van der Waals surface area contributed by atoms with Gasteiger partial charge in [0.1, 0.15) is 5.60 Å². The normalized spacial score (nSPS) is 23.2. The van der Waals surface area contributed by atoms with Crippen molar-refractivity contribution < 1.29 is 19.4 Å². The van der Waals surface area contributed by atoms with Crippen molar-refractivity contribution in [2.45, 2.75) is 39.7 Å². The van der Waals surface area contributed by atoms with Crippen molar-refractivity contribution in [3.05, 3.63) is 52.6 Å². The van der Waals surface area contributed by atoms with Gasteiger partial charge < -0.3 is 9.84 Å². The van der Waals surface area contributed by atoms with Crippen LogP contribution in [0.5, 0.6) is 0 Å². The third-order valence-electron chi connectivity index (χ3n) is 4.83. The summed E-state index contributed by atoms with van der Waals surface area (Å²) in [6, 6.07) is 5.50. The molecule has 1 N–H and O–H groups in total. The summed E-state index contributed by atoms with van der Waals surface area (Å²) in [5.41, 5.74) is 0.683. The summed E-state index contributed by atoms with van der Waals surface area (Å²) in [5.74, 6) is -0.397. The summed E-state index contributed by atoms with van der Waals surface area (Å²) in [6.45, 7) is 7.32. The van der Waals surface area contributed by atoms with Gasteiger partial charge in [0.25, 0.3) is 0 Å². The van der Waals surface area contributed by atoms with E-state index in [1.807, 2.05) is 32.9 Å². The Kier molecular flexibility index (Phi) is 4.81. The number of ether oxygens (including phenoxy) is 1. The monoisotopic (exact) mass is 328 g/mol. The Bertz CT molecular complexity index is 740. The summed E-state index contributed by atoms with van der Waals surface area (Å²) < 4.78 is 4.86. The molecule has 1 aliphatic rings. The van der Waals surface area contributed by atoms with Gasteiger partial charge in [-0.25, -0.2) is 4.79 Å². The molecule has 0 amide bonds. The summed E-state index contributed by atoms with van der Waals surface area (Å²) in [6.07, 6.45) is 5.16. The number of carbonyl (C=O) groups excluding carboxylic acids is 2. The van der Waals surface area contributed by atoms with Gasteiger partial charge in [-0.2, -0.15) is 0 Å². The van der Waals surface area contributed by atoms with E-state index >= 15 is 0 Å². The number of rotatable bonds is 3. The van der Waals surface area contributed by atoms with Gasteiger partial charge in [-0.3, -0.25) is 4.79 Å². The first-order valence-electron chi connectivity index (χ1n) is 7.93. The molecule has 0 saturated heterocycles. The van der Waals surface area contributed by atoms with Crippen LogP contribution in [0.1, 0.15) is 48.7 Å². The highest BCUT2D eigenvalue weighted by Gasteiger charge is 2.46. The highest BCUT2D eigenvalue weighted by Crippen LogP contribution is 2.44. The first-order chi connectivity index (χ1) is 11.1. The Morgan fingerprint density at radius 3 is 2.54 bits per heavy atom. The zero-order chi connectivity index (χ0) is 18.1. The van der Waals surface area contributed by atoms with Gasteiger partial charge in [-0.05, 0) is 42.7 Å². The van der Waals surface area contributed by atoms with Gasteiger partial charge in [0.15, 0.2) is 5.78 Å². The Morgan fingerprint density at radius 2 is 1.96 bits per heavy atom. The van der Waals surface area contributed by atoms with Crippen molar-refractivity contribution in [2.24, 2.45) is 5.41 Å². The second kappa shape index (κ2) is 6.36. The van der Waals surface area contributed by atoms with E-state index in [2.05, 4.69) is 0 Å². The molecule has 4 nitrogen and oxygen atoms in total. The van der Waals surface area contributed by atoms with Gasteiger partial charge in [0, 0.05) is 11.8 Å². The minimum absolute atomic E-state index is 0.0152. The van der Waals surface area contributed by atoms with Crippen molar-refractivity contribution in [3.63, 3.8) is 0 Å². The molecule has 0 bridgehead atoms. The molecular formula is C20H24O4. The van der Waals surface area contributed by atoms with Gasteiger partial charge in [0.05, 0.1) is 12.7 Å². The smallest absolute Gasteiger partial charge is 0.338 e. The number of esters is 1. The number of hydrogen-bond acceptors (Lipinski definition) is 4. The predicted octanol–water partition coefficient (Wildman–Crippen LogP) is 3.47. The molecule has 0 spiro atoms. The lowest BCUT2D eigenvalue weighted by Crippen LogP contribution is -2.47. The third kappa shape index (κ3) is 3.06. The van der Waals surface area contributed by atoms with Gasteiger partial charge >= 0.3 is 5.97 Å². The van der Waals surface area contributed by atoms with Gasteiger partial charge in [0.2, 0.25) is 0 Å². The lowest BCUT2D eigenvalue weighted by atomic mass is 9.64. The Hall–Kier alpha value is -2.20. The van der Waals surface area contributed by atoms with Crippen LogP contribution in [0, 0.1) is 12.3 Å². The first-order valence-corrected chi connectivity index (χ1v) is 7.93. The van der Waals surface area contributed by atoms with E-state index in [0.29, 0.717) is 16.7 Å². The molecule has 1 atom stereocenters. The maximum absolute atomic E-state index is 12.0. The Morgan fingerprint density at radius 1 is 1.29 bits per heavy atom. The molecular weight excluding hydrogens is 304 g/mol. The maximum atomic E-state index is 12.0. The van der Waals surface area contributed by atoms with Crippen molar-refractivity contribution in [1.29, 1.82) is 0 Å². The van der Waals surface area contributed by atoms with E-state index in [9.17, 15) is 14.7 Å². The number of allylic oxidation sites excluding steroid dienone is 1. The SMILES string of the molecule is COC(=O)c1c(C)cccc1C=CC1(O)C(C)=CC(=O)CC1(C)C. The highest BCUT2D eigenvalue weighted by atomic mass is 16.5. The van der Waals surface area contributed by atoms with Crippen LogP contribution in [0.3, 0.4) is 0 Å². The molecule has 128 valence electrons. The van der Waals surface area contributed by atoms with Crippen LogP contribution in [0.25, 0.3) is 6.08 Å². The van der Waals surface area contributed by atoms with E-state index < -0.39 is 17.0 Å². The number of methoxy groups -OCH3 is 1. The van der Waals surface area contributed by atoms with E-state index in [1.165, 1.54) is 13.2 Å². The fraction of sp³-hybridized carbons (Fsp3) is 0.400. The van der Waals surface area contributed by atoms with Gasteiger partial charge in [-0.15, -0.1) is 0 Å². The number of carbonyl (C=O) groups is 2. The van der Waals surface area contributed by atoms with E-state index in [1.54, 1.807) is 25.1 Å². The maximum Gasteiger partial charge on any atom is 0.338 e. The van der Waals surface area contributed by atoms with Crippen LogP contribution >= 0.6 is 0 Å². The molecule has 1 aliphatic carbocycles. The summed E-state index contributed by atoms with van der Waals surface area (Å²) in [5, 5.41) is 11.2. The Balaban J connectivity index is 2.51. The highest BCUT2D eigenvalue weighted by molar-refractivity contribution is 5.95. The standard InChI is InChI=1S/C20H24O4/c1-13-7-6-8-15(17(13)18(22)24-5)9-10-20(23)14(2)11-16(21)12-19(20,3)4/h6-11,23H,12H2,1-5H3. The third-order valence-corrected chi connectivity index (χ3v) is 4.83. The van der Waals surface area contributed by atoms with Crippen LogP contribution in [-0.2, 0) is 9.53 Å². The second-order valence-corrected chi connectivity index (χ2v) is 6.98. The Labute approximate surface area is 142 Å². The largest absolute Gasteiger partial charge is 0.465 e. The lowest BCUT2D eigenvalue weighted by molar-refractivity contribution is -0.121.